The van der Waals surface area contributed by atoms with Crippen LogP contribution in [0.2, 0.25) is 0 Å². The van der Waals surface area contributed by atoms with Crippen molar-refractivity contribution < 1.29 is 17.9 Å². The zero-order chi connectivity index (χ0) is 20.1. The lowest BCUT2D eigenvalue weighted by atomic mass is 9.88. The van der Waals surface area contributed by atoms with Crippen LogP contribution in [0.4, 0.5) is 5.82 Å². The molecule has 0 bridgehead atoms. The highest BCUT2D eigenvalue weighted by atomic mass is 32.2. The molecule has 0 saturated heterocycles. The lowest BCUT2D eigenvalue weighted by Crippen LogP contribution is -2.35. The normalized spacial score (nSPS) is 20.0. The highest BCUT2D eigenvalue weighted by molar-refractivity contribution is 7.91. The predicted molar refractivity (Wildman–Crippen MR) is 104 cm³/mol. The number of ether oxygens (including phenoxy) is 1. The molecule has 0 radical (unpaired) electrons. The number of amides is 1. The largest absolute Gasteiger partial charge is 0.489 e. The number of aromatic nitrogens is 3. The van der Waals surface area contributed by atoms with Crippen molar-refractivity contribution in [1.29, 1.82) is 0 Å². The molecule has 28 heavy (non-hydrogen) atoms. The number of nitrogens with zero attached hydrogens (tertiary/aromatic N) is 3. The van der Waals surface area contributed by atoms with Gasteiger partial charge in [-0.3, -0.25) is 4.79 Å². The highest BCUT2D eigenvalue weighted by Gasteiger charge is 2.37. The van der Waals surface area contributed by atoms with E-state index in [0.29, 0.717) is 30.8 Å². The lowest BCUT2D eigenvalue weighted by molar-refractivity contribution is -0.120. The van der Waals surface area contributed by atoms with Gasteiger partial charge in [-0.1, -0.05) is 6.42 Å². The maximum atomic E-state index is 12.8. The third kappa shape index (κ3) is 4.83. The van der Waals surface area contributed by atoms with E-state index >= 15 is 0 Å². The molecule has 2 unspecified atom stereocenters. The maximum Gasteiger partial charge on any atom is 0.247 e. The molecule has 1 aliphatic carbocycles. The summed E-state index contributed by atoms with van der Waals surface area (Å²) in [7, 11) is -3.65. The van der Waals surface area contributed by atoms with Gasteiger partial charge in [0.15, 0.2) is 0 Å². The number of pyridine rings is 1. The van der Waals surface area contributed by atoms with E-state index in [9.17, 15) is 13.2 Å². The molecule has 2 atom stereocenters. The van der Waals surface area contributed by atoms with Crippen molar-refractivity contribution in [1.82, 2.24) is 15.0 Å². The maximum absolute atomic E-state index is 12.8. The molecule has 3 rings (SSSR count). The van der Waals surface area contributed by atoms with Gasteiger partial charge in [0.25, 0.3) is 0 Å². The second-order valence-electron chi connectivity index (χ2n) is 7.10. The summed E-state index contributed by atoms with van der Waals surface area (Å²) >= 11 is 0. The number of carbonyl (C=O) groups is 1. The van der Waals surface area contributed by atoms with Crippen LogP contribution in [-0.2, 0) is 14.6 Å². The smallest absolute Gasteiger partial charge is 0.247 e. The Labute approximate surface area is 164 Å². The number of carbonyl (C=O) groups excluding carboxylic acids is 1. The quantitative estimate of drug-likeness (QED) is 0.737. The molecule has 1 N–H and O–H groups in total. The highest BCUT2D eigenvalue weighted by Crippen LogP contribution is 2.31. The van der Waals surface area contributed by atoms with Gasteiger partial charge in [0.1, 0.15) is 11.6 Å². The van der Waals surface area contributed by atoms with Crippen LogP contribution in [-0.4, -0.2) is 40.6 Å². The van der Waals surface area contributed by atoms with Gasteiger partial charge >= 0.3 is 0 Å². The summed E-state index contributed by atoms with van der Waals surface area (Å²) < 4.78 is 31.0. The first-order valence-electron chi connectivity index (χ1n) is 9.30. The van der Waals surface area contributed by atoms with Gasteiger partial charge in [-0.15, -0.1) is 0 Å². The van der Waals surface area contributed by atoms with E-state index in [-0.39, 0.29) is 23.6 Å². The third-order valence-corrected chi connectivity index (χ3v) is 6.62. The Morgan fingerprint density at radius 3 is 2.57 bits per heavy atom. The van der Waals surface area contributed by atoms with Crippen molar-refractivity contribution in [2.24, 2.45) is 5.92 Å². The molecule has 9 heteroatoms. The zero-order valence-corrected chi connectivity index (χ0v) is 16.7. The SMILES string of the molecule is CC(C)Oc1ccc(NC(=O)C2CCCC(S(=O)(=O)c3ncccn3)C2)nc1. The summed E-state index contributed by atoms with van der Waals surface area (Å²) in [6, 6.07) is 4.98. The van der Waals surface area contributed by atoms with Crippen LogP contribution < -0.4 is 10.1 Å². The zero-order valence-electron chi connectivity index (χ0n) is 15.9. The molecule has 2 heterocycles. The van der Waals surface area contributed by atoms with Gasteiger partial charge in [-0.05, 0) is 51.3 Å². The Morgan fingerprint density at radius 2 is 1.93 bits per heavy atom. The van der Waals surface area contributed by atoms with E-state index in [1.807, 2.05) is 13.8 Å². The van der Waals surface area contributed by atoms with Crippen molar-refractivity contribution in [3.8, 4) is 5.75 Å². The average Bonchev–Trinajstić information content (AvgIpc) is 2.70. The molecule has 8 nitrogen and oxygen atoms in total. The number of rotatable bonds is 6. The molecule has 150 valence electrons. The van der Waals surface area contributed by atoms with Crippen LogP contribution in [0.3, 0.4) is 0 Å². The van der Waals surface area contributed by atoms with Gasteiger partial charge in [-0.2, -0.15) is 0 Å². The van der Waals surface area contributed by atoms with Crippen LogP contribution in [0.1, 0.15) is 39.5 Å². The molecule has 0 aromatic carbocycles. The van der Waals surface area contributed by atoms with Crippen LogP contribution in [0.15, 0.2) is 41.9 Å². The molecule has 1 saturated carbocycles. The standard InChI is InChI=1S/C19H24N4O4S/c1-13(2)27-15-7-8-17(22-12-15)23-18(24)14-5-3-6-16(11-14)28(25,26)19-20-9-4-10-21-19/h4,7-10,12-14,16H,3,5-6,11H2,1-2H3,(H,22,23,24). The Balaban J connectivity index is 1.64. The van der Waals surface area contributed by atoms with E-state index in [1.54, 1.807) is 24.4 Å². The summed E-state index contributed by atoms with van der Waals surface area (Å²) in [5.74, 6) is 0.418. The molecule has 1 amide bonds. The van der Waals surface area contributed by atoms with E-state index < -0.39 is 21.0 Å². The van der Waals surface area contributed by atoms with Crippen molar-refractivity contribution in [2.75, 3.05) is 5.32 Å². The Hall–Kier alpha value is -2.55. The molecule has 1 fully saturated rings. The first-order chi connectivity index (χ1) is 13.4. The van der Waals surface area contributed by atoms with Gasteiger partial charge in [0.05, 0.1) is 17.6 Å². The first-order valence-corrected chi connectivity index (χ1v) is 10.9. The topological polar surface area (TPSA) is 111 Å². The molecule has 0 spiro atoms. The van der Waals surface area contributed by atoms with Crippen LogP contribution in [0.5, 0.6) is 5.75 Å². The van der Waals surface area contributed by atoms with Crippen LogP contribution >= 0.6 is 0 Å². The summed E-state index contributed by atoms with van der Waals surface area (Å²) in [4.78, 5) is 24.6. The summed E-state index contributed by atoms with van der Waals surface area (Å²) in [5, 5.41) is 1.94. The van der Waals surface area contributed by atoms with Gasteiger partial charge in [-0.25, -0.2) is 23.4 Å². The number of anilines is 1. The minimum Gasteiger partial charge on any atom is -0.489 e. The second kappa shape index (κ2) is 8.64. The lowest BCUT2D eigenvalue weighted by Gasteiger charge is -2.27. The molecule has 1 aliphatic rings. The Morgan fingerprint density at radius 1 is 1.18 bits per heavy atom. The first kappa shape index (κ1) is 20.2. The minimum atomic E-state index is -3.65. The number of hydrogen-bond donors (Lipinski definition) is 1. The fraction of sp³-hybridized carbons (Fsp3) is 0.474. The van der Waals surface area contributed by atoms with Crippen molar-refractivity contribution in [2.45, 2.75) is 56.0 Å². The van der Waals surface area contributed by atoms with Crippen LogP contribution in [0, 0.1) is 5.92 Å². The van der Waals surface area contributed by atoms with E-state index in [4.69, 9.17) is 4.74 Å². The number of sulfone groups is 1. The van der Waals surface area contributed by atoms with Crippen molar-refractivity contribution in [3.63, 3.8) is 0 Å². The third-order valence-electron chi connectivity index (χ3n) is 4.59. The molecular formula is C19H24N4O4S. The van der Waals surface area contributed by atoms with Crippen LogP contribution in [0.25, 0.3) is 0 Å². The van der Waals surface area contributed by atoms with E-state index in [0.717, 1.165) is 0 Å². The van der Waals surface area contributed by atoms with E-state index in [1.165, 1.54) is 12.4 Å². The minimum absolute atomic E-state index is 0.0388. The fourth-order valence-corrected chi connectivity index (χ4v) is 4.95. The Bertz CT molecular complexity index is 901. The summed E-state index contributed by atoms with van der Waals surface area (Å²) in [6.07, 6.45) is 6.46. The summed E-state index contributed by atoms with van der Waals surface area (Å²) in [6.45, 7) is 3.84. The fourth-order valence-electron chi connectivity index (χ4n) is 3.27. The van der Waals surface area contributed by atoms with Gasteiger partial charge in [0, 0.05) is 18.3 Å². The molecule has 2 aromatic rings. The van der Waals surface area contributed by atoms with E-state index in [2.05, 4.69) is 20.3 Å². The number of hydrogen-bond acceptors (Lipinski definition) is 7. The van der Waals surface area contributed by atoms with Gasteiger partial charge < -0.3 is 10.1 Å². The molecular weight excluding hydrogens is 380 g/mol. The monoisotopic (exact) mass is 404 g/mol. The predicted octanol–water partition coefficient (Wildman–Crippen LogP) is 2.63. The summed E-state index contributed by atoms with van der Waals surface area (Å²) in [5.41, 5.74) is 0. The molecule has 2 aromatic heterocycles. The van der Waals surface area contributed by atoms with Crippen molar-refractivity contribution in [3.05, 3.63) is 36.8 Å². The second-order valence-corrected chi connectivity index (χ2v) is 9.22. The molecule has 0 aliphatic heterocycles. The number of nitrogens with one attached hydrogen (secondary N) is 1. The van der Waals surface area contributed by atoms with Crippen molar-refractivity contribution >= 4 is 21.6 Å². The average molecular weight is 404 g/mol. The van der Waals surface area contributed by atoms with Gasteiger partial charge in [0.2, 0.25) is 20.9 Å². The Kier molecular flexibility index (Phi) is 6.23.